The first-order valence-electron chi connectivity index (χ1n) is 13.8. The number of fused-ring (bicyclic) bond motifs is 1. The van der Waals surface area contributed by atoms with Crippen LogP contribution in [0.5, 0.6) is 5.75 Å². The molecule has 0 fully saturated rings. The molecule has 0 saturated heterocycles. The second-order valence-corrected chi connectivity index (χ2v) is 10.7. The molecule has 2 N–H and O–H groups in total. The van der Waals surface area contributed by atoms with E-state index in [9.17, 15) is 14.4 Å². The Bertz CT molecular complexity index is 1390. The van der Waals surface area contributed by atoms with Gasteiger partial charge in [0.1, 0.15) is 11.3 Å². The van der Waals surface area contributed by atoms with E-state index in [-0.39, 0.29) is 24.8 Å². The maximum absolute atomic E-state index is 13.3. The molecule has 212 valence electrons. The third kappa shape index (κ3) is 6.35. The van der Waals surface area contributed by atoms with Crippen molar-refractivity contribution in [2.24, 2.45) is 0 Å². The Morgan fingerprint density at radius 3 is 2.65 bits per heavy atom. The minimum absolute atomic E-state index is 0.0550. The number of hydrogen-bond acceptors (Lipinski definition) is 5. The van der Waals surface area contributed by atoms with Crippen molar-refractivity contribution in [1.82, 2.24) is 15.1 Å². The van der Waals surface area contributed by atoms with E-state index in [4.69, 9.17) is 9.84 Å². The molecule has 0 spiro atoms. The number of benzene rings is 2. The van der Waals surface area contributed by atoms with E-state index in [1.54, 1.807) is 24.7 Å². The summed E-state index contributed by atoms with van der Waals surface area (Å²) in [5.41, 5.74) is 5.16. The van der Waals surface area contributed by atoms with Gasteiger partial charge in [-0.15, -0.1) is 0 Å². The number of aryl methyl sites for hydroxylation is 1. The first kappa shape index (κ1) is 28.9. The third-order valence-electron chi connectivity index (χ3n) is 7.55. The number of carbonyl (C=O) groups is 3. The quantitative estimate of drug-likeness (QED) is 0.339. The largest absolute Gasteiger partial charge is 0.493 e. The molecule has 1 aliphatic rings. The summed E-state index contributed by atoms with van der Waals surface area (Å²) in [4.78, 5) is 38.7. The summed E-state index contributed by atoms with van der Waals surface area (Å²) in [6, 6.07) is 12.0. The van der Waals surface area contributed by atoms with E-state index < -0.39 is 11.5 Å². The maximum Gasteiger partial charge on any atom is 0.305 e. The highest BCUT2D eigenvalue weighted by molar-refractivity contribution is 5.96. The number of carboxylic acids is 1. The Morgan fingerprint density at radius 1 is 1.10 bits per heavy atom. The number of ether oxygens (including phenoxy) is 1. The number of amides is 2. The van der Waals surface area contributed by atoms with Gasteiger partial charge in [0.15, 0.2) is 0 Å². The van der Waals surface area contributed by atoms with Gasteiger partial charge in [-0.25, -0.2) is 0 Å². The van der Waals surface area contributed by atoms with Crippen molar-refractivity contribution >= 4 is 23.5 Å². The molecule has 2 aromatic carbocycles. The maximum atomic E-state index is 13.3. The standard InChI is InChI=1S/C31H38N4O5/c1-21-9-5-13-27(22(21)2)40-18-8-14-28(36)34-17-7-11-25-24(10-6-12-26(25)34)23-19-33-35(20-23)31(3,4)30(39)32-16-15-29(37)38/h5-6,9-10,12-13,19-20H,7-8,11,14-18H2,1-4H3,(H,32,39)(H,37,38). The second kappa shape index (κ2) is 12.4. The third-order valence-corrected chi connectivity index (χ3v) is 7.55. The molecule has 9 heteroatoms. The zero-order valence-corrected chi connectivity index (χ0v) is 23.7. The van der Waals surface area contributed by atoms with Crippen LogP contribution >= 0.6 is 0 Å². The Kier molecular flexibility index (Phi) is 8.92. The normalized spacial score (nSPS) is 13.1. The highest BCUT2D eigenvalue weighted by Gasteiger charge is 2.31. The van der Waals surface area contributed by atoms with Crippen molar-refractivity contribution in [2.45, 2.75) is 65.3 Å². The van der Waals surface area contributed by atoms with Gasteiger partial charge in [-0.2, -0.15) is 5.10 Å². The van der Waals surface area contributed by atoms with Crippen LogP contribution in [-0.2, 0) is 26.3 Å². The number of nitrogens with zero attached hydrogens (tertiary/aromatic N) is 3. The molecule has 0 saturated carbocycles. The van der Waals surface area contributed by atoms with E-state index in [0.29, 0.717) is 26.0 Å². The van der Waals surface area contributed by atoms with Crippen molar-refractivity contribution < 1.29 is 24.2 Å². The predicted molar refractivity (Wildman–Crippen MR) is 154 cm³/mol. The lowest BCUT2D eigenvalue weighted by molar-refractivity contribution is -0.137. The van der Waals surface area contributed by atoms with Crippen LogP contribution in [0, 0.1) is 13.8 Å². The van der Waals surface area contributed by atoms with Gasteiger partial charge in [0.25, 0.3) is 0 Å². The number of aromatic nitrogens is 2. The predicted octanol–water partition coefficient (Wildman–Crippen LogP) is 4.63. The molecule has 0 atom stereocenters. The summed E-state index contributed by atoms with van der Waals surface area (Å²) in [5.74, 6) is -0.331. The zero-order valence-electron chi connectivity index (χ0n) is 23.7. The van der Waals surface area contributed by atoms with Crippen LogP contribution in [0.25, 0.3) is 11.1 Å². The molecule has 1 aromatic heterocycles. The number of rotatable bonds is 11. The van der Waals surface area contributed by atoms with Gasteiger partial charge in [-0.05, 0) is 81.3 Å². The van der Waals surface area contributed by atoms with Gasteiger partial charge in [-0.1, -0.05) is 24.3 Å². The van der Waals surface area contributed by atoms with Crippen molar-refractivity contribution in [2.75, 3.05) is 24.6 Å². The van der Waals surface area contributed by atoms with E-state index in [2.05, 4.69) is 23.4 Å². The molecule has 0 bridgehead atoms. The summed E-state index contributed by atoms with van der Waals surface area (Å²) < 4.78 is 7.54. The van der Waals surface area contributed by atoms with Gasteiger partial charge in [0.05, 0.1) is 19.2 Å². The monoisotopic (exact) mass is 546 g/mol. The molecule has 3 aromatic rings. The Hall–Kier alpha value is -4.14. The van der Waals surface area contributed by atoms with Gasteiger partial charge < -0.3 is 20.1 Å². The molecule has 0 radical (unpaired) electrons. The lowest BCUT2D eigenvalue weighted by Gasteiger charge is -2.31. The number of carbonyl (C=O) groups excluding carboxylic acids is 2. The van der Waals surface area contributed by atoms with Gasteiger partial charge in [0, 0.05) is 37.0 Å². The Balaban J connectivity index is 1.43. The number of carboxylic acid groups (broad SMARTS) is 1. The van der Waals surface area contributed by atoms with Crippen molar-refractivity contribution in [1.29, 1.82) is 0 Å². The van der Waals surface area contributed by atoms with E-state index in [0.717, 1.165) is 46.5 Å². The fourth-order valence-corrected chi connectivity index (χ4v) is 4.95. The fraction of sp³-hybridized carbons (Fsp3) is 0.419. The Morgan fingerprint density at radius 2 is 1.88 bits per heavy atom. The van der Waals surface area contributed by atoms with Crippen molar-refractivity contribution in [3.8, 4) is 16.9 Å². The summed E-state index contributed by atoms with van der Waals surface area (Å²) in [6.45, 7) is 8.79. The number of hydrogen-bond donors (Lipinski definition) is 2. The highest BCUT2D eigenvalue weighted by Crippen LogP contribution is 2.36. The summed E-state index contributed by atoms with van der Waals surface area (Å²) in [7, 11) is 0. The van der Waals surface area contributed by atoms with E-state index in [1.165, 1.54) is 5.56 Å². The van der Waals surface area contributed by atoms with Crippen LogP contribution in [0.2, 0.25) is 0 Å². The van der Waals surface area contributed by atoms with Crippen LogP contribution in [0.15, 0.2) is 48.8 Å². The molecule has 2 amide bonds. The first-order valence-corrected chi connectivity index (χ1v) is 13.8. The summed E-state index contributed by atoms with van der Waals surface area (Å²) in [6.07, 6.45) is 6.16. The highest BCUT2D eigenvalue weighted by atomic mass is 16.5. The van der Waals surface area contributed by atoms with Crippen LogP contribution in [0.1, 0.15) is 56.2 Å². The molecule has 2 heterocycles. The summed E-state index contributed by atoms with van der Waals surface area (Å²) in [5, 5.41) is 16.0. The molecule has 1 aliphatic heterocycles. The summed E-state index contributed by atoms with van der Waals surface area (Å²) >= 11 is 0. The van der Waals surface area contributed by atoms with Crippen LogP contribution < -0.4 is 15.0 Å². The minimum Gasteiger partial charge on any atom is -0.493 e. The van der Waals surface area contributed by atoms with Gasteiger partial charge in [0.2, 0.25) is 11.8 Å². The molecule has 9 nitrogen and oxygen atoms in total. The molecule has 0 aliphatic carbocycles. The zero-order chi connectivity index (χ0) is 28.9. The van der Waals surface area contributed by atoms with Crippen LogP contribution in [0.4, 0.5) is 5.69 Å². The van der Waals surface area contributed by atoms with Gasteiger partial charge >= 0.3 is 5.97 Å². The SMILES string of the molecule is Cc1cccc(OCCCC(=O)N2CCCc3c(-c4cnn(C(C)(C)C(=O)NCCC(=O)O)c4)cccc32)c1C. The topological polar surface area (TPSA) is 114 Å². The fourth-order valence-electron chi connectivity index (χ4n) is 4.95. The molecular weight excluding hydrogens is 508 g/mol. The Labute approximate surface area is 235 Å². The van der Waals surface area contributed by atoms with Crippen LogP contribution in [-0.4, -0.2) is 52.4 Å². The number of nitrogens with one attached hydrogen (secondary N) is 1. The van der Waals surface area contributed by atoms with Crippen LogP contribution in [0.3, 0.4) is 0 Å². The minimum atomic E-state index is -1.01. The molecule has 4 rings (SSSR count). The molecule has 40 heavy (non-hydrogen) atoms. The second-order valence-electron chi connectivity index (χ2n) is 10.7. The molecule has 0 unspecified atom stereocenters. The van der Waals surface area contributed by atoms with Gasteiger partial charge in [-0.3, -0.25) is 19.1 Å². The average molecular weight is 547 g/mol. The van der Waals surface area contributed by atoms with Crippen molar-refractivity contribution in [3.63, 3.8) is 0 Å². The molecular formula is C31H38N4O5. The van der Waals surface area contributed by atoms with E-state index in [1.807, 2.05) is 48.4 Å². The number of aliphatic carboxylic acids is 1. The number of anilines is 1. The first-order chi connectivity index (χ1) is 19.1. The average Bonchev–Trinajstić information content (AvgIpc) is 3.43. The van der Waals surface area contributed by atoms with E-state index >= 15 is 0 Å². The van der Waals surface area contributed by atoms with Crippen molar-refractivity contribution in [3.05, 3.63) is 65.5 Å². The lowest BCUT2D eigenvalue weighted by Crippen LogP contribution is -2.45. The lowest BCUT2D eigenvalue weighted by atomic mass is 9.93. The smallest absolute Gasteiger partial charge is 0.305 e.